The highest BCUT2D eigenvalue weighted by atomic mass is 16.5. The van der Waals surface area contributed by atoms with Crippen LogP contribution in [0, 0.1) is 0 Å². The molecule has 0 amide bonds. The lowest BCUT2D eigenvalue weighted by Crippen LogP contribution is -1.92. The first-order chi connectivity index (χ1) is 13.3. The fourth-order valence-corrected chi connectivity index (χ4v) is 3.42. The van der Waals surface area contributed by atoms with Gasteiger partial charge in [-0.25, -0.2) is 4.79 Å². The molecular formula is C25H46O2. The summed E-state index contributed by atoms with van der Waals surface area (Å²) in [7, 11) is 1.39. The second kappa shape index (κ2) is 23.0. The molecule has 0 radical (unpaired) electrons. The van der Waals surface area contributed by atoms with Crippen molar-refractivity contribution in [2.45, 2.75) is 129 Å². The number of carbonyl (C=O) groups excluding carboxylic acids is 1. The van der Waals surface area contributed by atoms with E-state index in [2.05, 4.69) is 17.4 Å². The zero-order valence-corrected chi connectivity index (χ0v) is 18.4. The first kappa shape index (κ1) is 26.0. The normalized spacial score (nSPS) is 10.4. The van der Waals surface area contributed by atoms with E-state index in [9.17, 15) is 4.79 Å². The van der Waals surface area contributed by atoms with Gasteiger partial charge >= 0.3 is 5.97 Å². The van der Waals surface area contributed by atoms with Gasteiger partial charge in [-0.3, -0.25) is 0 Å². The van der Waals surface area contributed by atoms with Gasteiger partial charge in [-0.05, 0) is 18.9 Å². The highest BCUT2D eigenvalue weighted by Crippen LogP contribution is 2.14. The van der Waals surface area contributed by atoms with Crippen molar-refractivity contribution in [1.29, 1.82) is 0 Å². The first-order valence-corrected chi connectivity index (χ1v) is 11.8. The zero-order chi connectivity index (χ0) is 19.8. The summed E-state index contributed by atoms with van der Waals surface area (Å²) in [6, 6.07) is 0. The third-order valence-corrected chi connectivity index (χ3v) is 5.22. The molecule has 27 heavy (non-hydrogen) atoms. The van der Waals surface area contributed by atoms with Crippen LogP contribution in [0.5, 0.6) is 0 Å². The molecule has 2 heteroatoms. The lowest BCUT2D eigenvalue weighted by molar-refractivity contribution is -0.134. The van der Waals surface area contributed by atoms with E-state index in [1.165, 1.54) is 129 Å². The molecule has 0 aromatic rings. The van der Waals surface area contributed by atoms with Crippen molar-refractivity contribution < 1.29 is 9.53 Å². The number of rotatable bonds is 20. The Balaban J connectivity index is 3.11. The number of hydrogen-bond donors (Lipinski definition) is 0. The van der Waals surface area contributed by atoms with Crippen LogP contribution in [0.4, 0.5) is 0 Å². The number of ether oxygens (including phenoxy) is 1. The second-order valence-corrected chi connectivity index (χ2v) is 7.84. The minimum absolute atomic E-state index is 0.330. The van der Waals surface area contributed by atoms with E-state index in [1.54, 1.807) is 0 Å². The summed E-state index contributed by atoms with van der Waals surface area (Å²) >= 11 is 0. The van der Waals surface area contributed by atoms with Gasteiger partial charge in [0.15, 0.2) is 0 Å². The van der Waals surface area contributed by atoms with E-state index in [-0.39, 0.29) is 5.97 Å². The van der Waals surface area contributed by atoms with Gasteiger partial charge < -0.3 is 4.74 Å². The van der Waals surface area contributed by atoms with Gasteiger partial charge in [-0.2, -0.15) is 0 Å². The van der Waals surface area contributed by atoms with Gasteiger partial charge in [0, 0.05) is 0 Å². The molecule has 0 heterocycles. The Kier molecular flexibility index (Phi) is 22.2. The van der Waals surface area contributed by atoms with Crippen LogP contribution < -0.4 is 0 Å². The number of unbranched alkanes of at least 4 members (excludes halogenated alkanes) is 18. The van der Waals surface area contributed by atoms with Crippen LogP contribution in [-0.4, -0.2) is 13.1 Å². The largest absolute Gasteiger partial charge is 0.465 e. The molecule has 158 valence electrons. The maximum Gasteiger partial charge on any atom is 0.338 e. The van der Waals surface area contributed by atoms with Crippen LogP contribution in [0.1, 0.15) is 129 Å². The lowest BCUT2D eigenvalue weighted by atomic mass is 10.0. The van der Waals surface area contributed by atoms with E-state index in [4.69, 9.17) is 0 Å². The van der Waals surface area contributed by atoms with Crippen molar-refractivity contribution in [2.75, 3.05) is 7.11 Å². The molecule has 0 bridgehead atoms. The molecule has 0 aliphatic heterocycles. The Labute approximate surface area is 169 Å². The maximum atomic E-state index is 10.9. The number of methoxy groups -OCH3 is 1. The molecule has 0 spiro atoms. The molecule has 0 saturated carbocycles. The second-order valence-electron chi connectivity index (χ2n) is 7.84. The summed E-state index contributed by atoms with van der Waals surface area (Å²) in [5.74, 6) is -0.330. The summed E-state index contributed by atoms with van der Waals surface area (Å²) in [5, 5.41) is 0. The summed E-state index contributed by atoms with van der Waals surface area (Å²) in [6.07, 6.45) is 29.6. The minimum atomic E-state index is -0.330. The van der Waals surface area contributed by atoms with Crippen LogP contribution in [0.2, 0.25) is 0 Å². The molecule has 0 aliphatic carbocycles. The van der Waals surface area contributed by atoms with E-state index in [1.807, 2.05) is 6.08 Å². The monoisotopic (exact) mass is 378 g/mol. The van der Waals surface area contributed by atoms with Crippen LogP contribution in [0.25, 0.3) is 0 Å². The van der Waals surface area contributed by atoms with Crippen molar-refractivity contribution in [2.24, 2.45) is 0 Å². The average Bonchev–Trinajstić information content (AvgIpc) is 2.68. The molecule has 0 aliphatic rings. The van der Waals surface area contributed by atoms with E-state index >= 15 is 0 Å². The van der Waals surface area contributed by atoms with Crippen LogP contribution >= 0.6 is 0 Å². The average molecular weight is 379 g/mol. The zero-order valence-electron chi connectivity index (χ0n) is 18.4. The van der Waals surface area contributed by atoms with Gasteiger partial charge in [0.2, 0.25) is 0 Å². The SMILES string of the molecule is CCCCCCCCCCCCCCCCCCCCC=C=CC(=O)OC. The summed E-state index contributed by atoms with van der Waals surface area (Å²) < 4.78 is 4.52. The molecule has 0 aromatic carbocycles. The first-order valence-electron chi connectivity index (χ1n) is 11.8. The van der Waals surface area contributed by atoms with E-state index < -0.39 is 0 Å². The Hall–Kier alpha value is -1.01. The third kappa shape index (κ3) is 23.0. The fourth-order valence-electron chi connectivity index (χ4n) is 3.42. The minimum Gasteiger partial charge on any atom is -0.465 e. The molecule has 0 fully saturated rings. The van der Waals surface area contributed by atoms with Crippen molar-refractivity contribution >= 4 is 5.97 Å². The molecule has 0 saturated heterocycles. The summed E-state index contributed by atoms with van der Waals surface area (Å²) in [4.78, 5) is 10.9. The van der Waals surface area contributed by atoms with Crippen LogP contribution in [-0.2, 0) is 9.53 Å². The molecule has 0 rings (SSSR count). The standard InChI is InChI=1S/C25H46O2/c1-3-4-5-6-7-8-9-10-11-12-13-14-15-16-17-18-19-20-21-22-23-24-25(26)27-2/h22,24H,3-21H2,1-2H3. The third-order valence-electron chi connectivity index (χ3n) is 5.22. The van der Waals surface area contributed by atoms with Gasteiger partial charge in [0.05, 0.1) is 13.2 Å². The summed E-state index contributed by atoms with van der Waals surface area (Å²) in [5.41, 5.74) is 2.87. The smallest absolute Gasteiger partial charge is 0.338 e. The highest BCUT2D eigenvalue weighted by Gasteiger charge is 1.95. The quantitative estimate of drug-likeness (QED) is 0.0921. The highest BCUT2D eigenvalue weighted by molar-refractivity contribution is 5.81. The van der Waals surface area contributed by atoms with Gasteiger partial charge in [0.1, 0.15) is 0 Å². The molecule has 0 unspecified atom stereocenters. The molecule has 2 nitrogen and oxygen atoms in total. The Morgan fingerprint density at radius 2 is 1.04 bits per heavy atom. The van der Waals surface area contributed by atoms with Gasteiger partial charge in [-0.1, -0.05) is 116 Å². The Morgan fingerprint density at radius 3 is 1.41 bits per heavy atom. The van der Waals surface area contributed by atoms with Crippen molar-refractivity contribution in [3.8, 4) is 0 Å². The Bertz CT molecular complexity index is 367. The topological polar surface area (TPSA) is 26.3 Å². The Morgan fingerprint density at radius 1 is 0.667 bits per heavy atom. The molecule has 0 atom stereocenters. The van der Waals surface area contributed by atoms with E-state index in [0.717, 1.165) is 6.42 Å². The number of carbonyl (C=O) groups is 1. The number of esters is 1. The van der Waals surface area contributed by atoms with Gasteiger partial charge in [-0.15, -0.1) is 5.73 Å². The van der Waals surface area contributed by atoms with Crippen LogP contribution in [0.15, 0.2) is 17.9 Å². The fraction of sp³-hybridized carbons (Fsp3) is 0.840. The van der Waals surface area contributed by atoms with E-state index in [0.29, 0.717) is 0 Å². The molecular weight excluding hydrogens is 332 g/mol. The van der Waals surface area contributed by atoms with Crippen molar-refractivity contribution in [1.82, 2.24) is 0 Å². The lowest BCUT2D eigenvalue weighted by Gasteiger charge is -2.03. The summed E-state index contributed by atoms with van der Waals surface area (Å²) in [6.45, 7) is 2.29. The molecule has 0 aromatic heterocycles. The van der Waals surface area contributed by atoms with Crippen molar-refractivity contribution in [3.05, 3.63) is 17.9 Å². The van der Waals surface area contributed by atoms with Crippen LogP contribution in [0.3, 0.4) is 0 Å². The predicted molar refractivity (Wildman–Crippen MR) is 118 cm³/mol. The number of hydrogen-bond acceptors (Lipinski definition) is 2. The predicted octanol–water partition coefficient (Wildman–Crippen LogP) is 8.30. The maximum absolute atomic E-state index is 10.9. The van der Waals surface area contributed by atoms with Gasteiger partial charge in [0.25, 0.3) is 0 Å². The van der Waals surface area contributed by atoms with Crippen molar-refractivity contribution in [3.63, 3.8) is 0 Å². The molecule has 0 N–H and O–H groups in total.